The Morgan fingerprint density at radius 3 is 2.83 bits per heavy atom. The molecule has 0 fully saturated rings. The molecule has 3 aromatic rings. The topological polar surface area (TPSA) is 57.0 Å². The normalized spacial score (nSPS) is 11.2. The van der Waals surface area contributed by atoms with Crippen molar-refractivity contribution in [3.05, 3.63) is 47.5 Å². The van der Waals surface area contributed by atoms with Crippen LogP contribution in [0, 0.1) is 13.8 Å². The molecule has 4 heteroatoms. The summed E-state index contributed by atoms with van der Waals surface area (Å²) in [5.41, 5.74) is 9.83. The minimum atomic E-state index is 0.772. The van der Waals surface area contributed by atoms with Gasteiger partial charge < -0.3 is 14.8 Å². The van der Waals surface area contributed by atoms with Crippen LogP contribution in [0.2, 0.25) is 0 Å². The summed E-state index contributed by atoms with van der Waals surface area (Å²) in [7, 11) is 0. The molecule has 0 radical (unpaired) electrons. The molecule has 3 rings (SSSR count). The van der Waals surface area contributed by atoms with E-state index in [4.69, 9.17) is 10.3 Å². The standard InChI is InChI=1S/C14H15N3O/c1-9-13(10(2)18-16-9)8-17-6-5-11-7-12(15)3-4-14(11)17/h3-7H,8,15H2,1-2H3. The maximum atomic E-state index is 5.78. The van der Waals surface area contributed by atoms with Crippen molar-refractivity contribution in [3.8, 4) is 0 Å². The van der Waals surface area contributed by atoms with Crippen molar-refractivity contribution >= 4 is 16.6 Å². The van der Waals surface area contributed by atoms with E-state index >= 15 is 0 Å². The molecule has 0 aliphatic carbocycles. The lowest BCUT2D eigenvalue weighted by molar-refractivity contribution is 0.392. The Balaban J connectivity index is 2.06. The van der Waals surface area contributed by atoms with Gasteiger partial charge in [-0.1, -0.05) is 5.16 Å². The Morgan fingerprint density at radius 2 is 2.11 bits per heavy atom. The SMILES string of the molecule is Cc1noc(C)c1Cn1ccc2cc(N)ccc21. The maximum Gasteiger partial charge on any atom is 0.138 e. The smallest absolute Gasteiger partial charge is 0.138 e. The molecular weight excluding hydrogens is 226 g/mol. The molecule has 4 nitrogen and oxygen atoms in total. The fourth-order valence-corrected chi connectivity index (χ4v) is 2.25. The van der Waals surface area contributed by atoms with Crippen LogP contribution in [0.1, 0.15) is 17.0 Å². The molecular formula is C14H15N3O. The van der Waals surface area contributed by atoms with Gasteiger partial charge in [-0.3, -0.25) is 0 Å². The Bertz CT molecular complexity index is 689. The number of nitrogen functional groups attached to an aromatic ring is 1. The van der Waals surface area contributed by atoms with Crippen molar-refractivity contribution in [2.24, 2.45) is 0 Å². The van der Waals surface area contributed by atoms with Gasteiger partial charge >= 0.3 is 0 Å². The van der Waals surface area contributed by atoms with Gasteiger partial charge in [-0.2, -0.15) is 0 Å². The van der Waals surface area contributed by atoms with Gasteiger partial charge in [0.2, 0.25) is 0 Å². The minimum Gasteiger partial charge on any atom is -0.399 e. The van der Waals surface area contributed by atoms with Crippen LogP contribution in [0.3, 0.4) is 0 Å². The molecule has 0 amide bonds. The first-order valence-corrected chi connectivity index (χ1v) is 5.91. The third kappa shape index (κ3) is 1.66. The quantitative estimate of drug-likeness (QED) is 0.702. The molecule has 2 aromatic heterocycles. The van der Waals surface area contributed by atoms with Crippen LogP contribution >= 0.6 is 0 Å². The molecule has 0 atom stereocenters. The lowest BCUT2D eigenvalue weighted by Crippen LogP contribution is -2.00. The summed E-state index contributed by atoms with van der Waals surface area (Å²) in [5, 5.41) is 5.14. The first-order chi connectivity index (χ1) is 8.65. The largest absolute Gasteiger partial charge is 0.399 e. The van der Waals surface area contributed by atoms with E-state index in [-0.39, 0.29) is 0 Å². The average Bonchev–Trinajstić information content (AvgIpc) is 2.87. The fraction of sp³-hybridized carbons (Fsp3) is 0.214. The first-order valence-electron chi connectivity index (χ1n) is 5.91. The second-order valence-electron chi connectivity index (χ2n) is 4.56. The molecule has 2 N–H and O–H groups in total. The zero-order valence-corrected chi connectivity index (χ0v) is 10.5. The van der Waals surface area contributed by atoms with E-state index in [9.17, 15) is 0 Å². The van der Waals surface area contributed by atoms with Crippen molar-refractivity contribution in [1.82, 2.24) is 9.72 Å². The van der Waals surface area contributed by atoms with Crippen molar-refractivity contribution in [1.29, 1.82) is 0 Å². The van der Waals surface area contributed by atoms with Crippen LogP contribution in [0.5, 0.6) is 0 Å². The molecule has 1 aromatic carbocycles. The van der Waals surface area contributed by atoms with Crippen molar-refractivity contribution in [2.45, 2.75) is 20.4 Å². The number of aryl methyl sites for hydroxylation is 2. The fourth-order valence-electron chi connectivity index (χ4n) is 2.25. The summed E-state index contributed by atoms with van der Waals surface area (Å²) < 4.78 is 7.37. The Hall–Kier alpha value is -2.23. The lowest BCUT2D eigenvalue weighted by Gasteiger charge is -2.05. The number of hydrogen-bond acceptors (Lipinski definition) is 3. The van der Waals surface area contributed by atoms with Gasteiger partial charge in [0.25, 0.3) is 0 Å². The van der Waals surface area contributed by atoms with Gasteiger partial charge in [0.1, 0.15) is 5.76 Å². The van der Waals surface area contributed by atoms with Crippen LogP contribution < -0.4 is 5.73 Å². The van der Waals surface area contributed by atoms with Gasteiger partial charge in [-0.25, -0.2) is 0 Å². The number of nitrogens with zero attached hydrogens (tertiary/aromatic N) is 2. The summed E-state index contributed by atoms with van der Waals surface area (Å²) in [4.78, 5) is 0. The molecule has 0 spiro atoms. The summed E-state index contributed by atoms with van der Waals surface area (Å²) in [6.07, 6.45) is 2.07. The van der Waals surface area contributed by atoms with E-state index in [1.54, 1.807) is 0 Å². The molecule has 2 heterocycles. The molecule has 0 saturated heterocycles. The van der Waals surface area contributed by atoms with Crippen LogP contribution in [-0.2, 0) is 6.54 Å². The molecule has 0 bridgehead atoms. The van der Waals surface area contributed by atoms with E-state index in [1.165, 1.54) is 5.52 Å². The first kappa shape index (κ1) is 10.9. The van der Waals surface area contributed by atoms with Gasteiger partial charge in [0.05, 0.1) is 12.2 Å². The van der Waals surface area contributed by atoms with E-state index in [2.05, 4.69) is 22.0 Å². The molecule has 92 valence electrons. The third-order valence-electron chi connectivity index (χ3n) is 3.30. The highest BCUT2D eigenvalue weighted by Crippen LogP contribution is 2.21. The maximum absolute atomic E-state index is 5.78. The van der Waals surface area contributed by atoms with Crippen molar-refractivity contribution in [3.63, 3.8) is 0 Å². The molecule has 0 unspecified atom stereocenters. The van der Waals surface area contributed by atoms with Gasteiger partial charge in [0, 0.05) is 28.4 Å². The minimum absolute atomic E-state index is 0.772. The predicted octanol–water partition coefficient (Wildman–Crippen LogP) is 2.88. The van der Waals surface area contributed by atoms with Crippen LogP contribution in [0.4, 0.5) is 5.69 Å². The molecule has 18 heavy (non-hydrogen) atoms. The highest BCUT2D eigenvalue weighted by Gasteiger charge is 2.10. The highest BCUT2D eigenvalue weighted by molar-refractivity contribution is 5.83. The number of nitrogens with two attached hydrogens (primary N) is 1. The average molecular weight is 241 g/mol. The number of hydrogen-bond donors (Lipinski definition) is 1. The number of rotatable bonds is 2. The zero-order chi connectivity index (χ0) is 12.7. The van der Waals surface area contributed by atoms with Gasteiger partial charge in [0.15, 0.2) is 0 Å². The van der Waals surface area contributed by atoms with Crippen LogP contribution in [0.15, 0.2) is 35.0 Å². The van der Waals surface area contributed by atoms with Crippen molar-refractivity contribution < 1.29 is 4.52 Å². The van der Waals surface area contributed by atoms with E-state index < -0.39 is 0 Å². The van der Waals surface area contributed by atoms with Gasteiger partial charge in [-0.15, -0.1) is 0 Å². The second-order valence-corrected chi connectivity index (χ2v) is 4.56. The Morgan fingerprint density at radius 1 is 1.28 bits per heavy atom. The van der Waals surface area contributed by atoms with E-state index in [0.29, 0.717) is 0 Å². The molecule has 0 aliphatic heterocycles. The molecule has 0 aliphatic rings. The van der Waals surface area contributed by atoms with Crippen molar-refractivity contribution in [2.75, 3.05) is 5.73 Å². The summed E-state index contributed by atoms with van der Waals surface area (Å²) in [6, 6.07) is 8.03. The summed E-state index contributed by atoms with van der Waals surface area (Å²) >= 11 is 0. The van der Waals surface area contributed by atoms with Gasteiger partial charge in [-0.05, 0) is 38.1 Å². The third-order valence-corrected chi connectivity index (χ3v) is 3.30. The number of anilines is 1. The number of benzene rings is 1. The monoisotopic (exact) mass is 241 g/mol. The highest BCUT2D eigenvalue weighted by atomic mass is 16.5. The molecule has 0 saturated carbocycles. The zero-order valence-electron chi connectivity index (χ0n) is 10.5. The summed E-state index contributed by atoms with van der Waals surface area (Å²) in [6.45, 7) is 4.68. The Labute approximate surface area is 105 Å². The van der Waals surface area contributed by atoms with E-state index in [1.807, 2.05) is 32.0 Å². The Kier molecular flexibility index (Phi) is 2.37. The lowest BCUT2D eigenvalue weighted by atomic mass is 10.2. The number of fused-ring (bicyclic) bond motifs is 1. The van der Waals surface area contributed by atoms with E-state index in [0.717, 1.165) is 34.6 Å². The number of aromatic nitrogens is 2. The van der Waals surface area contributed by atoms with Crippen LogP contribution in [-0.4, -0.2) is 9.72 Å². The van der Waals surface area contributed by atoms with Crippen LogP contribution in [0.25, 0.3) is 10.9 Å². The summed E-state index contributed by atoms with van der Waals surface area (Å²) in [5.74, 6) is 0.879. The predicted molar refractivity (Wildman–Crippen MR) is 71.4 cm³/mol. The second kappa shape index (κ2) is 3.91.